The van der Waals surface area contributed by atoms with Crippen molar-refractivity contribution in [2.45, 2.75) is 56.9 Å². The maximum Gasteiger partial charge on any atom is 0.258 e. The third-order valence-electron chi connectivity index (χ3n) is 4.32. The molecule has 0 heterocycles. The lowest BCUT2D eigenvalue weighted by Crippen LogP contribution is -2.30. The van der Waals surface area contributed by atoms with Crippen molar-refractivity contribution >= 4 is 17.5 Å². The molecule has 3 nitrogen and oxygen atoms in total. The molecule has 0 spiro atoms. The van der Waals surface area contributed by atoms with E-state index in [9.17, 15) is 4.79 Å². The SMILES string of the molecule is O=C(COc1ccc(Cl)cc1C1CCCCC1)NC1CC1. The van der Waals surface area contributed by atoms with Crippen LogP contribution in [0.15, 0.2) is 18.2 Å². The first-order valence-corrected chi connectivity index (χ1v) is 8.32. The minimum Gasteiger partial charge on any atom is -0.483 e. The fraction of sp³-hybridized carbons (Fsp3) is 0.588. The molecule has 3 rings (SSSR count). The van der Waals surface area contributed by atoms with Crippen LogP contribution in [0.2, 0.25) is 5.02 Å². The van der Waals surface area contributed by atoms with Crippen molar-refractivity contribution in [2.75, 3.05) is 6.61 Å². The molecule has 21 heavy (non-hydrogen) atoms. The van der Waals surface area contributed by atoms with E-state index in [4.69, 9.17) is 16.3 Å². The average molecular weight is 308 g/mol. The second-order valence-corrected chi connectivity index (χ2v) is 6.58. The molecule has 1 N–H and O–H groups in total. The zero-order valence-electron chi connectivity index (χ0n) is 12.2. The molecule has 0 atom stereocenters. The van der Waals surface area contributed by atoms with Crippen molar-refractivity contribution in [1.29, 1.82) is 0 Å². The van der Waals surface area contributed by atoms with Crippen LogP contribution in [0.3, 0.4) is 0 Å². The van der Waals surface area contributed by atoms with Crippen LogP contribution in [0.25, 0.3) is 0 Å². The van der Waals surface area contributed by atoms with E-state index in [1.807, 2.05) is 18.2 Å². The standard InChI is InChI=1S/C17H22ClNO2/c18-13-6-9-16(21-11-17(20)19-14-7-8-14)15(10-13)12-4-2-1-3-5-12/h6,9-10,12,14H,1-5,7-8,11H2,(H,19,20). The van der Waals surface area contributed by atoms with Crippen molar-refractivity contribution in [1.82, 2.24) is 5.32 Å². The number of carbonyl (C=O) groups excluding carboxylic acids is 1. The molecule has 2 fully saturated rings. The van der Waals surface area contributed by atoms with Gasteiger partial charge in [-0.2, -0.15) is 0 Å². The molecule has 0 bridgehead atoms. The van der Waals surface area contributed by atoms with Gasteiger partial charge in [0.05, 0.1) is 0 Å². The first-order chi connectivity index (χ1) is 10.2. The smallest absolute Gasteiger partial charge is 0.258 e. The maximum absolute atomic E-state index is 11.8. The summed E-state index contributed by atoms with van der Waals surface area (Å²) >= 11 is 6.14. The lowest BCUT2D eigenvalue weighted by molar-refractivity contribution is -0.123. The van der Waals surface area contributed by atoms with Crippen molar-refractivity contribution in [3.63, 3.8) is 0 Å². The summed E-state index contributed by atoms with van der Waals surface area (Å²) in [6, 6.07) is 6.12. The molecule has 0 aliphatic heterocycles. The highest BCUT2D eigenvalue weighted by Crippen LogP contribution is 2.38. The van der Waals surface area contributed by atoms with Gasteiger partial charge in [-0.3, -0.25) is 4.79 Å². The lowest BCUT2D eigenvalue weighted by Gasteiger charge is -2.24. The minimum absolute atomic E-state index is 0.0259. The molecule has 4 heteroatoms. The summed E-state index contributed by atoms with van der Waals surface area (Å²) in [6.07, 6.45) is 8.41. The molecule has 2 saturated carbocycles. The summed E-state index contributed by atoms with van der Waals surface area (Å²) in [5.41, 5.74) is 1.17. The van der Waals surface area contributed by atoms with Gasteiger partial charge in [-0.1, -0.05) is 30.9 Å². The van der Waals surface area contributed by atoms with Crippen molar-refractivity contribution in [3.8, 4) is 5.75 Å². The van der Waals surface area contributed by atoms with Gasteiger partial charge in [-0.25, -0.2) is 0 Å². The van der Waals surface area contributed by atoms with E-state index in [1.54, 1.807) is 0 Å². The van der Waals surface area contributed by atoms with Gasteiger partial charge in [-0.05, 0) is 55.4 Å². The normalized spacial score (nSPS) is 19.3. The van der Waals surface area contributed by atoms with Crippen LogP contribution < -0.4 is 10.1 Å². The first kappa shape index (κ1) is 14.7. The van der Waals surface area contributed by atoms with Crippen molar-refractivity contribution in [2.24, 2.45) is 0 Å². The van der Waals surface area contributed by atoms with Gasteiger partial charge in [0, 0.05) is 11.1 Å². The predicted molar refractivity (Wildman–Crippen MR) is 83.9 cm³/mol. The summed E-state index contributed by atoms with van der Waals surface area (Å²) in [5, 5.41) is 3.69. The number of rotatable bonds is 5. The third kappa shape index (κ3) is 4.13. The van der Waals surface area contributed by atoms with Crippen molar-refractivity contribution in [3.05, 3.63) is 28.8 Å². The summed E-state index contributed by atoms with van der Waals surface area (Å²) in [4.78, 5) is 11.8. The fourth-order valence-electron chi connectivity index (χ4n) is 3.02. The zero-order valence-corrected chi connectivity index (χ0v) is 13.0. The van der Waals surface area contributed by atoms with Gasteiger partial charge in [-0.15, -0.1) is 0 Å². The number of benzene rings is 1. The Kier molecular flexibility index (Phi) is 4.69. The molecule has 0 aromatic heterocycles. The molecule has 1 amide bonds. The van der Waals surface area contributed by atoms with Crippen LogP contribution in [-0.2, 0) is 4.79 Å². The van der Waals surface area contributed by atoms with E-state index >= 15 is 0 Å². The van der Waals surface area contributed by atoms with E-state index < -0.39 is 0 Å². The Morgan fingerprint density at radius 3 is 2.67 bits per heavy atom. The van der Waals surface area contributed by atoms with Crippen LogP contribution in [-0.4, -0.2) is 18.6 Å². The number of ether oxygens (including phenoxy) is 1. The molecule has 0 unspecified atom stereocenters. The van der Waals surface area contributed by atoms with Crippen LogP contribution in [0, 0.1) is 0 Å². The van der Waals surface area contributed by atoms with Crippen LogP contribution in [0.1, 0.15) is 56.4 Å². The Hall–Kier alpha value is -1.22. The highest BCUT2D eigenvalue weighted by atomic mass is 35.5. The number of carbonyl (C=O) groups is 1. The quantitative estimate of drug-likeness (QED) is 0.891. The minimum atomic E-state index is -0.0259. The van der Waals surface area contributed by atoms with Gasteiger partial charge >= 0.3 is 0 Å². The highest BCUT2D eigenvalue weighted by molar-refractivity contribution is 6.30. The molecule has 0 radical (unpaired) electrons. The molecular formula is C17H22ClNO2. The van der Waals surface area contributed by atoms with Crippen LogP contribution >= 0.6 is 11.6 Å². The lowest BCUT2D eigenvalue weighted by atomic mass is 9.84. The van der Waals surface area contributed by atoms with Gasteiger partial charge in [0.25, 0.3) is 5.91 Å². The molecule has 1 aromatic rings. The third-order valence-corrected chi connectivity index (χ3v) is 4.55. The Morgan fingerprint density at radius 2 is 1.95 bits per heavy atom. The number of amides is 1. The molecule has 1 aromatic carbocycles. The summed E-state index contributed by atoms with van der Waals surface area (Å²) < 4.78 is 5.77. The van der Waals surface area contributed by atoms with Gasteiger partial charge in [0.2, 0.25) is 0 Å². The summed E-state index contributed by atoms with van der Waals surface area (Å²) in [5.74, 6) is 1.30. The molecule has 114 valence electrons. The molecule has 2 aliphatic carbocycles. The van der Waals surface area contributed by atoms with Gasteiger partial charge in [0.1, 0.15) is 5.75 Å². The predicted octanol–water partition coefficient (Wildman–Crippen LogP) is 4.05. The summed E-state index contributed by atoms with van der Waals surface area (Å²) in [7, 11) is 0. The zero-order chi connectivity index (χ0) is 14.7. The molecule has 0 saturated heterocycles. The highest BCUT2D eigenvalue weighted by Gasteiger charge is 2.24. The maximum atomic E-state index is 11.8. The summed E-state index contributed by atoms with van der Waals surface area (Å²) in [6.45, 7) is 0.0951. The Morgan fingerprint density at radius 1 is 1.19 bits per heavy atom. The average Bonchev–Trinajstić information content (AvgIpc) is 3.31. The monoisotopic (exact) mass is 307 g/mol. The van der Waals surface area contributed by atoms with E-state index in [0.29, 0.717) is 12.0 Å². The number of nitrogens with one attached hydrogen (secondary N) is 1. The largest absolute Gasteiger partial charge is 0.483 e. The van der Waals surface area contributed by atoms with E-state index in [-0.39, 0.29) is 12.5 Å². The Bertz CT molecular complexity index is 508. The topological polar surface area (TPSA) is 38.3 Å². The first-order valence-electron chi connectivity index (χ1n) is 7.94. The van der Waals surface area contributed by atoms with Crippen molar-refractivity contribution < 1.29 is 9.53 Å². The number of hydrogen-bond acceptors (Lipinski definition) is 2. The number of hydrogen-bond donors (Lipinski definition) is 1. The second-order valence-electron chi connectivity index (χ2n) is 6.15. The Balaban J connectivity index is 1.66. The van der Waals surface area contributed by atoms with Gasteiger partial charge < -0.3 is 10.1 Å². The van der Waals surface area contributed by atoms with Crippen LogP contribution in [0.5, 0.6) is 5.75 Å². The van der Waals surface area contributed by atoms with Crippen LogP contribution in [0.4, 0.5) is 0 Å². The van der Waals surface area contributed by atoms with E-state index in [1.165, 1.54) is 37.7 Å². The Labute approximate surface area is 131 Å². The second kappa shape index (κ2) is 6.69. The number of halogens is 1. The van der Waals surface area contributed by atoms with E-state index in [0.717, 1.165) is 23.6 Å². The van der Waals surface area contributed by atoms with E-state index in [2.05, 4.69) is 5.32 Å². The molecule has 2 aliphatic rings. The molecular weight excluding hydrogens is 286 g/mol. The fourth-order valence-corrected chi connectivity index (χ4v) is 3.20. The van der Waals surface area contributed by atoms with Gasteiger partial charge in [0.15, 0.2) is 6.61 Å².